The summed E-state index contributed by atoms with van der Waals surface area (Å²) in [5.41, 5.74) is 6.07. The molecule has 210 valence electrons. The third kappa shape index (κ3) is 7.71. The molecule has 1 aromatic heterocycles. The Labute approximate surface area is 226 Å². The van der Waals surface area contributed by atoms with Crippen molar-refractivity contribution in [3.8, 4) is 0 Å². The second-order valence-electron chi connectivity index (χ2n) is 9.92. The van der Waals surface area contributed by atoms with Crippen LogP contribution in [0, 0.1) is 11.3 Å². The number of carbonyl (C=O) groups excluding carboxylic acids is 4. The Morgan fingerprint density at radius 1 is 1.15 bits per heavy atom. The molecule has 3 amide bonds. The van der Waals surface area contributed by atoms with Gasteiger partial charge < -0.3 is 26.6 Å². The van der Waals surface area contributed by atoms with Gasteiger partial charge in [0.25, 0.3) is 5.91 Å². The number of carbonyl (C=O) groups is 4. The Kier molecular flexibility index (Phi) is 10.3. The van der Waals surface area contributed by atoms with Crippen LogP contribution >= 0.6 is 0 Å². The highest BCUT2D eigenvalue weighted by atomic mass is 19.1. The number of fused-ring (bicyclic) bond motifs is 1. The lowest BCUT2D eigenvalue weighted by Gasteiger charge is -2.31. The van der Waals surface area contributed by atoms with Gasteiger partial charge in [-0.15, -0.1) is 0 Å². The van der Waals surface area contributed by atoms with Crippen molar-refractivity contribution >= 4 is 40.4 Å². The highest BCUT2D eigenvalue weighted by molar-refractivity contribution is 5.99. The van der Waals surface area contributed by atoms with Crippen LogP contribution in [-0.4, -0.2) is 77.2 Å². The number of halogens is 1. The number of nitrogens with one attached hydrogen (secondary N) is 4. The van der Waals surface area contributed by atoms with E-state index >= 15 is 0 Å². The summed E-state index contributed by atoms with van der Waals surface area (Å²) in [4.78, 5) is 57.7. The van der Waals surface area contributed by atoms with Crippen LogP contribution in [0.25, 0.3) is 10.9 Å². The van der Waals surface area contributed by atoms with Gasteiger partial charge in [-0.25, -0.2) is 9.37 Å². The molecule has 2 aromatic rings. The molecule has 1 aliphatic rings. The van der Waals surface area contributed by atoms with Crippen molar-refractivity contribution in [2.24, 2.45) is 11.7 Å². The average Bonchev–Trinajstić information content (AvgIpc) is 3.42. The van der Waals surface area contributed by atoms with Crippen molar-refractivity contribution in [1.29, 1.82) is 5.41 Å². The van der Waals surface area contributed by atoms with E-state index < -0.39 is 48.3 Å². The minimum Gasteiger partial charge on any atom is -0.370 e. The molecule has 6 N–H and O–H groups in total. The van der Waals surface area contributed by atoms with E-state index in [0.717, 1.165) is 5.39 Å². The number of nitrogens with zero attached hydrogens (tertiary/aromatic N) is 2. The number of hydrogen-bond donors (Lipinski definition) is 5. The van der Waals surface area contributed by atoms with E-state index in [2.05, 4.69) is 20.9 Å². The van der Waals surface area contributed by atoms with Gasteiger partial charge in [-0.2, -0.15) is 0 Å². The van der Waals surface area contributed by atoms with E-state index in [1.165, 1.54) is 4.90 Å². The van der Waals surface area contributed by atoms with Crippen LogP contribution in [0.5, 0.6) is 0 Å². The summed E-state index contributed by atoms with van der Waals surface area (Å²) >= 11 is 0. The van der Waals surface area contributed by atoms with E-state index in [1.807, 2.05) is 18.2 Å². The third-order valence-electron chi connectivity index (χ3n) is 6.71. The summed E-state index contributed by atoms with van der Waals surface area (Å²) in [6.45, 7) is 2.97. The molecule has 11 nitrogen and oxygen atoms in total. The molecule has 3 rings (SSSR count). The first-order valence-electron chi connectivity index (χ1n) is 13.1. The van der Waals surface area contributed by atoms with Crippen LogP contribution in [0.1, 0.15) is 50.0 Å². The fraction of sp³-hybridized carbons (Fsp3) is 0.481. The monoisotopic (exact) mass is 541 g/mol. The van der Waals surface area contributed by atoms with Gasteiger partial charge in [0.1, 0.15) is 24.5 Å². The molecule has 0 bridgehead atoms. The number of guanidine groups is 1. The molecule has 3 atom stereocenters. The van der Waals surface area contributed by atoms with Gasteiger partial charge >= 0.3 is 0 Å². The van der Waals surface area contributed by atoms with Crippen LogP contribution < -0.4 is 21.7 Å². The zero-order valence-electron chi connectivity index (χ0n) is 22.2. The van der Waals surface area contributed by atoms with Crippen LogP contribution in [0.15, 0.2) is 36.4 Å². The molecule has 1 saturated heterocycles. The van der Waals surface area contributed by atoms with Gasteiger partial charge in [0.2, 0.25) is 11.8 Å². The molecule has 0 spiro atoms. The van der Waals surface area contributed by atoms with Gasteiger partial charge in [-0.05, 0) is 43.7 Å². The molecule has 1 fully saturated rings. The number of ketones is 1. The number of nitrogens with two attached hydrogens (primary N) is 1. The lowest BCUT2D eigenvalue weighted by Crippen LogP contribution is -2.56. The fourth-order valence-electron chi connectivity index (χ4n) is 4.61. The van der Waals surface area contributed by atoms with E-state index in [4.69, 9.17) is 11.1 Å². The minimum absolute atomic E-state index is 0.152. The van der Waals surface area contributed by atoms with Crippen molar-refractivity contribution in [1.82, 2.24) is 25.8 Å². The maximum Gasteiger partial charge on any atom is 0.270 e. The highest BCUT2D eigenvalue weighted by Gasteiger charge is 2.39. The Balaban J connectivity index is 1.68. The standard InChI is InChI=1S/C27H36FN7O4/c1-16(2)23(34-24(37)20-12-11-17-7-3-4-8-18(17)32-20)26(39)35-14-6-10-21(35)25(38)33-19(22(36)15-28)9-5-13-31-27(29)30/h3-4,7-8,11-12,16,19,21,23H,5-6,9-10,13-15H2,1-2H3,(H,33,38)(H,34,37)(H4,29,30,31)/t19?,21-,23?/m0/s1. The maximum atomic E-state index is 13.6. The summed E-state index contributed by atoms with van der Waals surface area (Å²) in [6, 6.07) is 7.96. The zero-order valence-corrected chi connectivity index (χ0v) is 22.2. The number of para-hydroxylation sites is 1. The third-order valence-corrected chi connectivity index (χ3v) is 6.71. The van der Waals surface area contributed by atoms with E-state index in [0.29, 0.717) is 31.3 Å². The summed E-state index contributed by atoms with van der Waals surface area (Å²) in [7, 11) is 0. The SMILES string of the molecule is CC(C)C(NC(=O)c1ccc2ccccc2n1)C(=O)N1CCC[C@H]1C(=O)NC(CCCNC(=N)N)C(=O)CF. The molecule has 0 saturated carbocycles. The normalized spacial score (nSPS) is 16.5. The van der Waals surface area contributed by atoms with Gasteiger partial charge in [-0.3, -0.25) is 24.6 Å². The van der Waals surface area contributed by atoms with Crippen molar-refractivity contribution < 1.29 is 23.6 Å². The molecule has 0 radical (unpaired) electrons. The van der Waals surface area contributed by atoms with E-state index in [1.54, 1.807) is 32.0 Å². The highest BCUT2D eigenvalue weighted by Crippen LogP contribution is 2.21. The average molecular weight is 542 g/mol. The smallest absolute Gasteiger partial charge is 0.270 e. The summed E-state index contributed by atoms with van der Waals surface area (Å²) < 4.78 is 13.2. The van der Waals surface area contributed by atoms with Gasteiger partial charge in [0, 0.05) is 18.5 Å². The number of aromatic nitrogens is 1. The lowest BCUT2D eigenvalue weighted by atomic mass is 10.0. The summed E-state index contributed by atoms with van der Waals surface area (Å²) in [5.74, 6) is -2.72. The van der Waals surface area contributed by atoms with Gasteiger partial charge in [0.05, 0.1) is 11.6 Å². The zero-order chi connectivity index (χ0) is 28.5. The number of benzene rings is 1. The van der Waals surface area contributed by atoms with Crippen molar-refractivity contribution in [3.05, 3.63) is 42.1 Å². The maximum absolute atomic E-state index is 13.6. The van der Waals surface area contributed by atoms with Crippen LogP contribution in [-0.2, 0) is 14.4 Å². The second-order valence-corrected chi connectivity index (χ2v) is 9.92. The first kappa shape index (κ1) is 29.5. The number of amides is 3. The molecule has 1 aromatic carbocycles. The van der Waals surface area contributed by atoms with Crippen molar-refractivity contribution in [2.45, 2.75) is 57.7 Å². The minimum atomic E-state index is -1.23. The number of alkyl halides is 1. The Hall–Kier alpha value is -4.09. The Morgan fingerprint density at radius 3 is 2.59 bits per heavy atom. The first-order valence-corrected chi connectivity index (χ1v) is 13.1. The number of rotatable bonds is 12. The molecule has 1 aliphatic heterocycles. The largest absolute Gasteiger partial charge is 0.370 e. The van der Waals surface area contributed by atoms with Crippen molar-refractivity contribution in [3.63, 3.8) is 0 Å². The second kappa shape index (κ2) is 13.6. The number of pyridine rings is 1. The quantitative estimate of drug-likeness (QED) is 0.153. The molecule has 39 heavy (non-hydrogen) atoms. The molecule has 0 aliphatic carbocycles. The van der Waals surface area contributed by atoms with Crippen molar-refractivity contribution in [2.75, 3.05) is 19.8 Å². The molecule has 12 heteroatoms. The predicted molar refractivity (Wildman–Crippen MR) is 145 cm³/mol. The van der Waals surface area contributed by atoms with Gasteiger partial charge in [-0.1, -0.05) is 38.1 Å². The van der Waals surface area contributed by atoms with Crippen LogP contribution in [0.4, 0.5) is 4.39 Å². The Morgan fingerprint density at radius 2 is 1.90 bits per heavy atom. The molecular formula is C27H36FN7O4. The summed E-state index contributed by atoms with van der Waals surface area (Å²) in [6.07, 6.45) is 1.47. The molecular weight excluding hydrogens is 505 g/mol. The topological polar surface area (TPSA) is 170 Å². The predicted octanol–water partition coefficient (Wildman–Crippen LogP) is 1.27. The van der Waals surface area contributed by atoms with E-state index in [9.17, 15) is 23.6 Å². The van der Waals surface area contributed by atoms with Gasteiger partial charge in [0.15, 0.2) is 11.7 Å². The number of hydrogen-bond acceptors (Lipinski definition) is 6. The lowest BCUT2D eigenvalue weighted by molar-refractivity contribution is -0.141. The number of Topliss-reactive ketones (excluding diaryl/α,β-unsaturated/α-hetero) is 1. The Bertz CT molecular complexity index is 1220. The first-order chi connectivity index (χ1) is 18.6. The molecule has 2 unspecified atom stereocenters. The number of likely N-dealkylation sites (tertiary alicyclic amines) is 1. The molecule has 2 heterocycles. The van der Waals surface area contributed by atoms with E-state index in [-0.39, 0.29) is 30.5 Å². The van der Waals surface area contributed by atoms with Crippen LogP contribution in [0.3, 0.4) is 0 Å². The fourth-order valence-corrected chi connectivity index (χ4v) is 4.61. The van der Waals surface area contributed by atoms with Crippen LogP contribution in [0.2, 0.25) is 0 Å². The summed E-state index contributed by atoms with van der Waals surface area (Å²) in [5, 5.41) is 16.0.